The van der Waals surface area contributed by atoms with Crippen LogP contribution in [-0.2, 0) is 0 Å². The van der Waals surface area contributed by atoms with Gasteiger partial charge in [-0.3, -0.25) is 9.97 Å². The molecule has 0 aliphatic rings. The Labute approximate surface area is 175 Å². The van der Waals surface area contributed by atoms with Crippen LogP contribution in [-0.4, -0.2) is 16.0 Å². The number of nitrogen functional groups attached to an aromatic ring is 1. The zero-order valence-corrected chi connectivity index (χ0v) is 18.7. The molecule has 3 aromatic rings. The molecule has 0 bridgehead atoms. The van der Waals surface area contributed by atoms with Crippen molar-refractivity contribution < 1.29 is 0 Å². The van der Waals surface area contributed by atoms with E-state index in [1.807, 2.05) is 6.92 Å². The number of fused-ring (bicyclic) bond motifs is 1. The Hall–Kier alpha value is -2.62. The highest BCUT2D eigenvalue weighted by atomic mass is 14.9. The Bertz CT molecular complexity index is 994. The van der Waals surface area contributed by atoms with Gasteiger partial charge in [0.1, 0.15) is 5.52 Å². The number of rotatable bonds is 7. The van der Waals surface area contributed by atoms with E-state index in [-0.39, 0.29) is 0 Å². The molecule has 3 rings (SSSR count). The molecule has 154 valence electrons. The monoisotopic (exact) mass is 390 g/mol. The number of pyridine rings is 2. The van der Waals surface area contributed by atoms with E-state index in [1.54, 1.807) is 6.20 Å². The number of aromatic nitrogens is 2. The van der Waals surface area contributed by atoms with E-state index in [4.69, 9.17) is 15.7 Å². The van der Waals surface area contributed by atoms with Crippen molar-refractivity contribution in [2.75, 3.05) is 11.1 Å². The predicted molar refractivity (Wildman–Crippen MR) is 126 cm³/mol. The largest absolute Gasteiger partial charge is 0.397 e. The number of nitrogens with zero attached hydrogens (tertiary/aromatic N) is 2. The van der Waals surface area contributed by atoms with Crippen molar-refractivity contribution in [2.24, 2.45) is 0 Å². The van der Waals surface area contributed by atoms with Crippen molar-refractivity contribution in [3.05, 3.63) is 46.8 Å². The maximum absolute atomic E-state index is 6.44. The molecule has 0 radical (unpaired) electrons. The standard InChI is InChI=1S/C25H34N4/c1-7-9-19(10-8-2)29-21-13-18(6)28-25-23(21)20(26)14-27-24(25)22-16(4)11-15(3)12-17(22)5/h11-14,19H,7-10,26H2,1-6H3,(H,28,29). The van der Waals surface area contributed by atoms with E-state index in [0.717, 1.165) is 59.2 Å². The van der Waals surface area contributed by atoms with Crippen LogP contribution in [0.25, 0.3) is 22.2 Å². The van der Waals surface area contributed by atoms with Crippen LogP contribution in [0.4, 0.5) is 11.4 Å². The molecule has 0 unspecified atom stereocenters. The molecule has 2 heterocycles. The highest BCUT2D eigenvalue weighted by Gasteiger charge is 2.18. The lowest BCUT2D eigenvalue weighted by molar-refractivity contribution is 0.587. The van der Waals surface area contributed by atoms with E-state index in [2.05, 4.69) is 58.1 Å². The van der Waals surface area contributed by atoms with Crippen LogP contribution in [0.15, 0.2) is 24.4 Å². The molecule has 0 fully saturated rings. The second-order valence-corrected chi connectivity index (χ2v) is 8.29. The maximum atomic E-state index is 6.44. The van der Waals surface area contributed by atoms with E-state index in [0.29, 0.717) is 11.7 Å². The second kappa shape index (κ2) is 8.81. The average Bonchev–Trinajstić information content (AvgIpc) is 2.63. The molecule has 0 amide bonds. The summed E-state index contributed by atoms with van der Waals surface area (Å²) in [7, 11) is 0. The number of aryl methyl sites for hydroxylation is 4. The smallest absolute Gasteiger partial charge is 0.101 e. The van der Waals surface area contributed by atoms with Gasteiger partial charge in [0.2, 0.25) is 0 Å². The number of hydrogen-bond acceptors (Lipinski definition) is 4. The minimum absolute atomic E-state index is 0.439. The molecule has 0 aliphatic heterocycles. The van der Waals surface area contributed by atoms with Gasteiger partial charge in [-0.25, -0.2) is 0 Å². The first-order chi connectivity index (χ1) is 13.8. The van der Waals surface area contributed by atoms with Crippen LogP contribution < -0.4 is 11.1 Å². The molecule has 0 saturated heterocycles. The predicted octanol–water partition coefficient (Wildman–Crippen LogP) is 6.49. The van der Waals surface area contributed by atoms with Crippen molar-refractivity contribution >= 4 is 22.3 Å². The first-order valence-electron chi connectivity index (χ1n) is 10.8. The summed E-state index contributed by atoms with van der Waals surface area (Å²) in [5.74, 6) is 0. The lowest BCUT2D eigenvalue weighted by Crippen LogP contribution is -2.19. The van der Waals surface area contributed by atoms with Gasteiger partial charge in [0.25, 0.3) is 0 Å². The molecular weight excluding hydrogens is 356 g/mol. The molecule has 4 nitrogen and oxygen atoms in total. The summed E-state index contributed by atoms with van der Waals surface area (Å²) in [5, 5.41) is 4.76. The van der Waals surface area contributed by atoms with Crippen LogP contribution in [0.2, 0.25) is 0 Å². The maximum Gasteiger partial charge on any atom is 0.101 e. The first-order valence-corrected chi connectivity index (χ1v) is 10.8. The minimum atomic E-state index is 0.439. The molecule has 0 aliphatic carbocycles. The van der Waals surface area contributed by atoms with Gasteiger partial charge in [-0.2, -0.15) is 0 Å². The molecule has 3 N–H and O–H groups in total. The number of anilines is 2. The van der Waals surface area contributed by atoms with E-state index in [1.165, 1.54) is 16.7 Å². The summed E-state index contributed by atoms with van der Waals surface area (Å²) in [6.07, 6.45) is 6.39. The molecule has 0 atom stereocenters. The van der Waals surface area contributed by atoms with E-state index in [9.17, 15) is 0 Å². The zero-order chi connectivity index (χ0) is 21.1. The van der Waals surface area contributed by atoms with Crippen LogP contribution in [0.3, 0.4) is 0 Å². The number of nitrogens with two attached hydrogens (primary N) is 1. The summed E-state index contributed by atoms with van der Waals surface area (Å²) in [6.45, 7) is 12.9. The third kappa shape index (κ3) is 4.36. The molecule has 1 aromatic carbocycles. The Balaban J connectivity index is 2.24. The fourth-order valence-electron chi connectivity index (χ4n) is 4.45. The van der Waals surface area contributed by atoms with Crippen molar-refractivity contribution in [1.82, 2.24) is 9.97 Å². The van der Waals surface area contributed by atoms with Gasteiger partial charge in [-0.15, -0.1) is 0 Å². The molecule has 0 saturated carbocycles. The number of benzene rings is 1. The Morgan fingerprint density at radius 2 is 1.59 bits per heavy atom. The van der Waals surface area contributed by atoms with Crippen molar-refractivity contribution in [1.29, 1.82) is 0 Å². The van der Waals surface area contributed by atoms with Gasteiger partial charge >= 0.3 is 0 Å². The van der Waals surface area contributed by atoms with Crippen molar-refractivity contribution in [3.63, 3.8) is 0 Å². The highest BCUT2D eigenvalue weighted by Crippen LogP contribution is 2.37. The quantitative estimate of drug-likeness (QED) is 0.484. The summed E-state index contributed by atoms with van der Waals surface area (Å²) < 4.78 is 0. The van der Waals surface area contributed by atoms with Crippen LogP contribution in [0.5, 0.6) is 0 Å². The number of nitrogens with one attached hydrogen (secondary N) is 1. The lowest BCUT2D eigenvalue weighted by atomic mass is 9.95. The van der Waals surface area contributed by atoms with Crippen LogP contribution in [0.1, 0.15) is 61.9 Å². The summed E-state index contributed by atoms with van der Waals surface area (Å²) in [5.41, 5.74) is 15.8. The van der Waals surface area contributed by atoms with Gasteiger partial charge in [0.15, 0.2) is 0 Å². The number of hydrogen-bond donors (Lipinski definition) is 2. The summed E-state index contributed by atoms with van der Waals surface area (Å²) in [4.78, 5) is 9.64. The van der Waals surface area contributed by atoms with Gasteiger partial charge in [-0.05, 0) is 57.7 Å². The second-order valence-electron chi connectivity index (χ2n) is 8.29. The molecule has 4 heteroatoms. The van der Waals surface area contributed by atoms with Gasteiger partial charge in [0.05, 0.1) is 23.0 Å². The molecule has 29 heavy (non-hydrogen) atoms. The minimum Gasteiger partial charge on any atom is -0.397 e. The molecule has 0 spiro atoms. The first kappa shape index (κ1) is 21.1. The Morgan fingerprint density at radius 3 is 2.17 bits per heavy atom. The Morgan fingerprint density at radius 1 is 0.966 bits per heavy atom. The van der Waals surface area contributed by atoms with Crippen molar-refractivity contribution in [3.8, 4) is 11.3 Å². The Kier molecular flexibility index (Phi) is 6.41. The van der Waals surface area contributed by atoms with Gasteiger partial charge < -0.3 is 11.1 Å². The molecule has 2 aromatic heterocycles. The van der Waals surface area contributed by atoms with Crippen LogP contribution >= 0.6 is 0 Å². The third-order valence-electron chi connectivity index (χ3n) is 5.54. The SMILES string of the molecule is CCCC(CCC)Nc1cc(C)nc2c(-c3c(C)cc(C)cc3C)ncc(N)c12. The average molecular weight is 391 g/mol. The summed E-state index contributed by atoms with van der Waals surface area (Å²) in [6, 6.07) is 6.98. The van der Waals surface area contributed by atoms with E-state index >= 15 is 0 Å². The lowest BCUT2D eigenvalue weighted by Gasteiger charge is -2.22. The fourth-order valence-corrected chi connectivity index (χ4v) is 4.45. The third-order valence-corrected chi connectivity index (χ3v) is 5.54. The summed E-state index contributed by atoms with van der Waals surface area (Å²) >= 11 is 0. The molecular formula is C25H34N4. The fraction of sp³-hybridized carbons (Fsp3) is 0.440. The van der Waals surface area contributed by atoms with Crippen LogP contribution in [0, 0.1) is 27.7 Å². The van der Waals surface area contributed by atoms with Gasteiger partial charge in [-0.1, -0.05) is 44.4 Å². The topological polar surface area (TPSA) is 63.8 Å². The normalized spacial score (nSPS) is 11.4. The van der Waals surface area contributed by atoms with Gasteiger partial charge in [0, 0.05) is 23.0 Å². The zero-order valence-electron chi connectivity index (χ0n) is 18.7. The van der Waals surface area contributed by atoms with Crippen molar-refractivity contribution in [2.45, 2.75) is 73.3 Å². The van der Waals surface area contributed by atoms with E-state index < -0.39 is 0 Å². The highest BCUT2D eigenvalue weighted by molar-refractivity contribution is 6.06.